The van der Waals surface area contributed by atoms with Crippen LogP contribution in [0.1, 0.15) is 72.1 Å². The first-order valence-corrected chi connectivity index (χ1v) is 8.22. The van der Waals surface area contributed by atoms with Crippen molar-refractivity contribution in [2.45, 2.75) is 83.3 Å². The van der Waals surface area contributed by atoms with E-state index in [1.807, 2.05) is 0 Å². The van der Waals surface area contributed by atoms with E-state index in [0.717, 1.165) is 38.7 Å². The Bertz CT molecular complexity index is 345. The average Bonchev–Trinajstić information content (AvgIpc) is 2.32. The molecule has 0 bridgehead atoms. The van der Waals surface area contributed by atoms with Crippen molar-refractivity contribution < 1.29 is 9.84 Å². The van der Waals surface area contributed by atoms with Gasteiger partial charge in [0.15, 0.2) is 0 Å². The van der Waals surface area contributed by atoms with E-state index in [4.69, 9.17) is 4.74 Å². The van der Waals surface area contributed by atoms with Crippen molar-refractivity contribution in [2.24, 2.45) is 17.3 Å². The van der Waals surface area contributed by atoms with E-state index in [1.54, 1.807) is 0 Å². The molecule has 0 radical (unpaired) electrons. The van der Waals surface area contributed by atoms with Crippen LogP contribution in [0.3, 0.4) is 0 Å². The van der Waals surface area contributed by atoms with E-state index >= 15 is 0 Å². The molecule has 1 heterocycles. The molecule has 3 rings (SSSR count). The predicted octanol–water partition coefficient (Wildman–Crippen LogP) is 3.91. The van der Waals surface area contributed by atoms with Crippen LogP contribution < -0.4 is 0 Å². The van der Waals surface area contributed by atoms with Gasteiger partial charge in [-0.15, -0.1) is 0 Å². The van der Waals surface area contributed by atoms with Crippen molar-refractivity contribution in [1.82, 2.24) is 0 Å². The molecule has 3 fully saturated rings. The molecule has 1 spiro atoms. The molecule has 19 heavy (non-hydrogen) atoms. The van der Waals surface area contributed by atoms with E-state index in [1.165, 1.54) is 19.3 Å². The van der Waals surface area contributed by atoms with E-state index in [9.17, 15) is 5.11 Å². The molecular weight excluding hydrogens is 236 g/mol. The molecule has 1 saturated heterocycles. The average molecular weight is 266 g/mol. The van der Waals surface area contributed by atoms with Gasteiger partial charge in [0.1, 0.15) is 0 Å². The Morgan fingerprint density at radius 3 is 2.37 bits per heavy atom. The lowest BCUT2D eigenvalue weighted by molar-refractivity contribution is -0.197. The first-order valence-electron chi connectivity index (χ1n) is 8.22. The predicted molar refractivity (Wildman–Crippen MR) is 77.0 cm³/mol. The van der Waals surface area contributed by atoms with Crippen molar-refractivity contribution >= 4 is 0 Å². The lowest BCUT2D eigenvalue weighted by atomic mass is 9.58. The zero-order valence-corrected chi connectivity index (χ0v) is 12.9. The maximum absolute atomic E-state index is 11.3. The molecule has 2 heteroatoms. The monoisotopic (exact) mass is 266 g/mol. The minimum atomic E-state index is -0.429. The van der Waals surface area contributed by atoms with Gasteiger partial charge in [-0.2, -0.15) is 0 Å². The Morgan fingerprint density at radius 2 is 1.79 bits per heavy atom. The summed E-state index contributed by atoms with van der Waals surface area (Å²) in [5, 5.41) is 11.3. The summed E-state index contributed by atoms with van der Waals surface area (Å²) in [4.78, 5) is 0. The van der Waals surface area contributed by atoms with Crippen molar-refractivity contribution in [3.05, 3.63) is 0 Å². The van der Waals surface area contributed by atoms with Gasteiger partial charge in [0.2, 0.25) is 0 Å². The Labute approximate surface area is 117 Å². The SMILES string of the molecule is CC1CC(C)(C)CCC1(O)C1CCOC2(CCC2)C1. The maximum atomic E-state index is 11.3. The van der Waals surface area contributed by atoms with E-state index in [0.29, 0.717) is 17.3 Å². The number of ether oxygens (including phenoxy) is 1. The molecule has 1 aliphatic heterocycles. The second kappa shape index (κ2) is 4.46. The van der Waals surface area contributed by atoms with Crippen molar-refractivity contribution in [3.63, 3.8) is 0 Å². The van der Waals surface area contributed by atoms with Gasteiger partial charge in [-0.05, 0) is 68.6 Å². The minimum Gasteiger partial charge on any atom is -0.389 e. The summed E-state index contributed by atoms with van der Waals surface area (Å²) in [6.07, 6.45) is 9.23. The Balaban J connectivity index is 1.73. The zero-order chi connectivity index (χ0) is 13.7. The van der Waals surface area contributed by atoms with Crippen LogP contribution in [0.5, 0.6) is 0 Å². The minimum absolute atomic E-state index is 0.158. The lowest BCUT2D eigenvalue weighted by Gasteiger charge is -2.55. The second-order valence-electron chi connectivity index (χ2n) is 8.34. The highest BCUT2D eigenvalue weighted by atomic mass is 16.5. The van der Waals surface area contributed by atoms with Gasteiger partial charge in [-0.3, -0.25) is 0 Å². The maximum Gasteiger partial charge on any atom is 0.0703 e. The van der Waals surface area contributed by atoms with E-state index in [2.05, 4.69) is 20.8 Å². The molecule has 3 atom stereocenters. The normalized spacial score (nSPS) is 44.8. The fourth-order valence-electron chi connectivity index (χ4n) is 4.87. The van der Waals surface area contributed by atoms with Crippen LogP contribution in [0.15, 0.2) is 0 Å². The summed E-state index contributed by atoms with van der Waals surface area (Å²) < 4.78 is 6.03. The van der Waals surface area contributed by atoms with Gasteiger partial charge in [0, 0.05) is 6.61 Å². The number of aliphatic hydroxyl groups is 1. The molecule has 2 aliphatic carbocycles. The van der Waals surface area contributed by atoms with Crippen LogP contribution >= 0.6 is 0 Å². The molecule has 2 saturated carbocycles. The van der Waals surface area contributed by atoms with E-state index < -0.39 is 5.60 Å². The quantitative estimate of drug-likeness (QED) is 0.779. The summed E-state index contributed by atoms with van der Waals surface area (Å²) in [5.41, 5.74) is 0.137. The topological polar surface area (TPSA) is 29.5 Å². The van der Waals surface area contributed by atoms with Gasteiger partial charge in [-0.1, -0.05) is 20.8 Å². The third-order valence-electron chi connectivity index (χ3n) is 6.38. The van der Waals surface area contributed by atoms with Crippen LogP contribution in [0, 0.1) is 17.3 Å². The first-order chi connectivity index (χ1) is 8.85. The van der Waals surface area contributed by atoms with Crippen LogP contribution in [-0.2, 0) is 4.74 Å². The summed E-state index contributed by atoms with van der Waals surface area (Å²) in [7, 11) is 0. The van der Waals surface area contributed by atoms with Crippen LogP contribution in [-0.4, -0.2) is 22.9 Å². The Hall–Kier alpha value is -0.0800. The molecule has 3 unspecified atom stereocenters. The number of rotatable bonds is 1. The van der Waals surface area contributed by atoms with Crippen LogP contribution in [0.25, 0.3) is 0 Å². The standard InChI is InChI=1S/C17H30O2/c1-13-11-15(2,3)8-9-17(13,18)14-5-10-19-16(12-14)6-4-7-16/h13-14,18H,4-12H2,1-3H3. The van der Waals surface area contributed by atoms with E-state index in [-0.39, 0.29) is 5.60 Å². The molecule has 2 nitrogen and oxygen atoms in total. The van der Waals surface area contributed by atoms with Crippen LogP contribution in [0.4, 0.5) is 0 Å². The molecule has 0 amide bonds. The van der Waals surface area contributed by atoms with Gasteiger partial charge < -0.3 is 9.84 Å². The first kappa shape index (κ1) is 13.9. The van der Waals surface area contributed by atoms with Gasteiger partial charge in [0.05, 0.1) is 11.2 Å². The van der Waals surface area contributed by atoms with Gasteiger partial charge in [0.25, 0.3) is 0 Å². The molecule has 0 aromatic rings. The molecule has 3 aliphatic rings. The summed E-state index contributed by atoms with van der Waals surface area (Å²) in [5.74, 6) is 0.893. The van der Waals surface area contributed by atoms with Gasteiger partial charge >= 0.3 is 0 Å². The fraction of sp³-hybridized carbons (Fsp3) is 1.00. The Kier molecular flexibility index (Phi) is 3.26. The summed E-state index contributed by atoms with van der Waals surface area (Å²) in [6.45, 7) is 7.83. The highest BCUT2D eigenvalue weighted by Gasteiger charge is 2.52. The summed E-state index contributed by atoms with van der Waals surface area (Å²) in [6, 6.07) is 0. The third-order valence-corrected chi connectivity index (χ3v) is 6.38. The van der Waals surface area contributed by atoms with Crippen molar-refractivity contribution in [2.75, 3.05) is 6.61 Å². The highest BCUT2D eigenvalue weighted by Crippen LogP contribution is 2.53. The number of hydrogen-bond donors (Lipinski definition) is 1. The molecular formula is C17H30O2. The fourth-order valence-corrected chi connectivity index (χ4v) is 4.87. The third kappa shape index (κ3) is 2.35. The zero-order valence-electron chi connectivity index (χ0n) is 12.9. The molecule has 0 aromatic carbocycles. The largest absolute Gasteiger partial charge is 0.389 e. The van der Waals surface area contributed by atoms with Gasteiger partial charge in [-0.25, -0.2) is 0 Å². The molecule has 110 valence electrons. The van der Waals surface area contributed by atoms with Crippen molar-refractivity contribution in [3.8, 4) is 0 Å². The lowest BCUT2D eigenvalue weighted by Crippen LogP contribution is -2.56. The number of hydrogen-bond acceptors (Lipinski definition) is 2. The highest BCUT2D eigenvalue weighted by molar-refractivity contribution is 5.03. The van der Waals surface area contributed by atoms with Crippen molar-refractivity contribution in [1.29, 1.82) is 0 Å². The Morgan fingerprint density at radius 1 is 1.05 bits per heavy atom. The molecule has 1 N–H and O–H groups in total. The van der Waals surface area contributed by atoms with Crippen LogP contribution in [0.2, 0.25) is 0 Å². The molecule has 0 aromatic heterocycles. The summed E-state index contributed by atoms with van der Waals surface area (Å²) >= 11 is 0. The smallest absolute Gasteiger partial charge is 0.0703 e. The second-order valence-corrected chi connectivity index (χ2v) is 8.34.